The second-order valence-corrected chi connectivity index (χ2v) is 6.59. The molecular formula is C18H18Cl2N2O2S. The molecule has 0 saturated carbocycles. The average Bonchev–Trinajstić information content (AvgIpc) is 2.54. The zero-order chi connectivity index (χ0) is 18.2. The van der Waals surface area contributed by atoms with Crippen molar-refractivity contribution >= 4 is 57.9 Å². The molecule has 2 rings (SSSR count). The number of unbranched alkanes of at least 4 members (excludes halogenated alkanes) is 1. The number of carbonyl (C=O) groups is 1. The molecule has 0 spiro atoms. The molecule has 0 aliphatic heterocycles. The van der Waals surface area contributed by atoms with Gasteiger partial charge in [0.05, 0.1) is 12.2 Å². The lowest BCUT2D eigenvalue weighted by atomic mass is 10.2. The van der Waals surface area contributed by atoms with Crippen LogP contribution >= 0.6 is 35.4 Å². The number of esters is 1. The van der Waals surface area contributed by atoms with E-state index in [1.54, 1.807) is 42.5 Å². The Kier molecular flexibility index (Phi) is 7.50. The molecule has 0 amide bonds. The number of ether oxygens (including phenoxy) is 1. The van der Waals surface area contributed by atoms with Gasteiger partial charge < -0.3 is 15.4 Å². The SMILES string of the molecule is CCCCOC(=O)c1ccc(NC(=S)Nc2cc(Cl)cc(Cl)c2)cc1. The van der Waals surface area contributed by atoms with Gasteiger partial charge in [0.1, 0.15) is 0 Å². The average molecular weight is 397 g/mol. The van der Waals surface area contributed by atoms with E-state index in [4.69, 9.17) is 40.2 Å². The Balaban J connectivity index is 1.91. The zero-order valence-electron chi connectivity index (χ0n) is 13.6. The van der Waals surface area contributed by atoms with Crippen LogP contribution in [-0.4, -0.2) is 17.7 Å². The van der Waals surface area contributed by atoms with Crippen molar-refractivity contribution in [3.63, 3.8) is 0 Å². The highest BCUT2D eigenvalue weighted by atomic mass is 35.5. The number of hydrogen-bond acceptors (Lipinski definition) is 3. The number of benzene rings is 2. The Morgan fingerprint density at radius 2 is 1.64 bits per heavy atom. The molecule has 0 heterocycles. The summed E-state index contributed by atoms with van der Waals surface area (Å²) in [4.78, 5) is 11.9. The van der Waals surface area contributed by atoms with Gasteiger partial charge in [-0.3, -0.25) is 0 Å². The van der Waals surface area contributed by atoms with Gasteiger partial charge in [-0.2, -0.15) is 0 Å². The predicted molar refractivity (Wildman–Crippen MR) is 108 cm³/mol. The molecule has 2 aromatic rings. The molecule has 0 aliphatic rings. The van der Waals surface area contributed by atoms with Crippen molar-refractivity contribution < 1.29 is 9.53 Å². The van der Waals surface area contributed by atoms with Gasteiger partial charge in [-0.25, -0.2) is 4.79 Å². The Labute approximate surface area is 162 Å². The Bertz CT molecular complexity index is 731. The van der Waals surface area contributed by atoms with Crippen molar-refractivity contribution in [1.82, 2.24) is 0 Å². The number of nitrogens with one attached hydrogen (secondary N) is 2. The Morgan fingerprint density at radius 1 is 1.04 bits per heavy atom. The lowest BCUT2D eigenvalue weighted by Gasteiger charge is -2.11. The topological polar surface area (TPSA) is 50.4 Å². The fourth-order valence-electron chi connectivity index (χ4n) is 2.00. The molecule has 0 aliphatic carbocycles. The molecule has 7 heteroatoms. The first kappa shape index (κ1) is 19.5. The lowest BCUT2D eigenvalue weighted by molar-refractivity contribution is 0.0500. The molecule has 2 aromatic carbocycles. The molecule has 2 N–H and O–H groups in total. The summed E-state index contributed by atoms with van der Waals surface area (Å²) in [6, 6.07) is 12.0. The minimum Gasteiger partial charge on any atom is -0.462 e. The van der Waals surface area contributed by atoms with Crippen LogP contribution in [0, 0.1) is 0 Å². The number of hydrogen-bond donors (Lipinski definition) is 2. The van der Waals surface area contributed by atoms with Crippen LogP contribution in [0.1, 0.15) is 30.1 Å². The van der Waals surface area contributed by atoms with E-state index in [1.807, 2.05) is 6.92 Å². The van der Waals surface area contributed by atoms with E-state index in [2.05, 4.69) is 10.6 Å². The summed E-state index contributed by atoms with van der Waals surface area (Å²) in [6.45, 7) is 2.48. The monoisotopic (exact) mass is 396 g/mol. The summed E-state index contributed by atoms with van der Waals surface area (Å²) in [5.41, 5.74) is 1.93. The third-order valence-electron chi connectivity index (χ3n) is 3.23. The molecule has 0 bridgehead atoms. The van der Waals surface area contributed by atoms with Gasteiger partial charge in [0, 0.05) is 21.4 Å². The number of halogens is 2. The molecule has 25 heavy (non-hydrogen) atoms. The summed E-state index contributed by atoms with van der Waals surface area (Å²) in [5.74, 6) is -0.325. The second-order valence-electron chi connectivity index (χ2n) is 5.30. The fraction of sp³-hybridized carbons (Fsp3) is 0.222. The first-order valence-electron chi connectivity index (χ1n) is 7.79. The summed E-state index contributed by atoms with van der Waals surface area (Å²) in [7, 11) is 0. The van der Waals surface area contributed by atoms with E-state index in [0.29, 0.717) is 33.0 Å². The maximum Gasteiger partial charge on any atom is 0.338 e. The molecule has 132 valence electrons. The van der Waals surface area contributed by atoms with E-state index in [1.165, 1.54) is 0 Å². The third kappa shape index (κ3) is 6.53. The highest BCUT2D eigenvalue weighted by molar-refractivity contribution is 7.80. The molecule has 0 unspecified atom stereocenters. The smallest absolute Gasteiger partial charge is 0.338 e. The highest BCUT2D eigenvalue weighted by Crippen LogP contribution is 2.22. The van der Waals surface area contributed by atoms with Crippen molar-refractivity contribution in [2.24, 2.45) is 0 Å². The first-order chi connectivity index (χ1) is 12.0. The Hall–Kier alpha value is -1.82. The lowest BCUT2D eigenvalue weighted by Crippen LogP contribution is -2.19. The normalized spacial score (nSPS) is 10.2. The van der Waals surface area contributed by atoms with Crippen LogP contribution in [0.15, 0.2) is 42.5 Å². The van der Waals surface area contributed by atoms with Gasteiger partial charge in [-0.05, 0) is 61.1 Å². The van der Waals surface area contributed by atoms with Gasteiger partial charge in [-0.15, -0.1) is 0 Å². The van der Waals surface area contributed by atoms with Crippen LogP contribution in [0.4, 0.5) is 11.4 Å². The van der Waals surface area contributed by atoms with Crippen molar-refractivity contribution in [2.75, 3.05) is 17.2 Å². The van der Waals surface area contributed by atoms with Gasteiger partial charge in [0.2, 0.25) is 0 Å². The van der Waals surface area contributed by atoms with Crippen molar-refractivity contribution in [3.05, 3.63) is 58.1 Å². The van der Waals surface area contributed by atoms with E-state index in [9.17, 15) is 4.79 Å². The van der Waals surface area contributed by atoms with Gasteiger partial charge in [-0.1, -0.05) is 36.5 Å². The number of thiocarbonyl (C=S) groups is 1. The van der Waals surface area contributed by atoms with Crippen LogP contribution in [0.3, 0.4) is 0 Å². The number of anilines is 2. The molecule has 0 atom stereocenters. The van der Waals surface area contributed by atoms with E-state index < -0.39 is 0 Å². The maximum absolute atomic E-state index is 11.9. The van der Waals surface area contributed by atoms with E-state index in [-0.39, 0.29) is 5.97 Å². The second kappa shape index (κ2) is 9.61. The van der Waals surface area contributed by atoms with Crippen LogP contribution < -0.4 is 10.6 Å². The third-order valence-corrected chi connectivity index (χ3v) is 3.87. The van der Waals surface area contributed by atoms with E-state index in [0.717, 1.165) is 18.5 Å². The standard InChI is InChI=1S/C18H18Cl2N2O2S/c1-2-3-8-24-17(23)12-4-6-15(7-5-12)21-18(25)22-16-10-13(19)9-14(20)11-16/h4-7,9-11H,2-3,8H2,1H3,(H2,21,22,25). The zero-order valence-corrected chi connectivity index (χ0v) is 16.0. The molecule has 0 aromatic heterocycles. The molecule has 0 saturated heterocycles. The largest absolute Gasteiger partial charge is 0.462 e. The predicted octanol–water partition coefficient (Wildman–Crippen LogP) is 5.76. The summed E-state index contributed by atoms with van der Waals surface area (Å²) in [5, 5.41) is 7.45. The van der Waals surface area contributed by atoms with Crippen molar-refractivity contribution in [2.45, 2.75) is 19.8 Å². The molecule has 4 nitrogen and oxygen atoms in total. The summed E-state index contributed by atoms with van der Waals surface area (Å²) in [6.07, 6.45) is 1.84. The first-order valence-corrected chi connectivity index (χ1v) is 8.95. The quantitative estimate of drug-likeness (QED) is 0.369. The molecule has 0 radical (unpaired) electrons. The van der Waals surface area contributed by atoms with E-state index >= 15 is 0 Å². The van der Waals surface area contributed by atoms with Gasteiger partial charge in [0.15, 0.2) is 5.11 Å². The number of carbonyl (C=O) groups excluding carboxylic acids is 1. The minimum atomic E-state index is -0.325. The fourth-order valence-corrected chi connectivity index (χ4v) is 2.76. The summed E-state index contributed by atoms with van der Waals surface area (Å²) < 4.78 is 5.17. The summed E-state index contributed by atoms with van der Waals surface area (Å²) >= 11 is 17.2. The number of rotatable bonds is 6. The molecule has 0 fully saturated rings. The van der Waals surface area contributed by atoms with Crippen molar-refractivity contribution in [1.29, 1.82) is 0 Å². The van der Waals surface area contributed by atoms with Crippen LogP contribution in [-0.2, 0) is 4.74 Å². The van der Waals surface area contributed by atoms with Gasteiger partial charge >= 0.3 is 5.97 Å². The minimum absolute atomic E-state index is 0.325. The molecular weight excluding hydrogens is 379 g/mol. The van der Waals surface area contributed by atoms with Gasteiger partial charge in [0.25, 0.3) is 0 Å². The highest BCUT2D eigenvalue weighted by Gasteiger charge is 2.07. The Morgan fingerprint density at radius 3 is 2.24 bits per heavy atom. The van der Waals surface area contributed by atoms with Crippen LogP contribution in [0.5, 0.6) is 0 Å². The maximum atomic E-state index is 11.9. The van der Waals surface area contributed by atoms with Crippen LogP contribution in [0.2, 0.25) is 10.0 Å². The van der Waals surface area contributed by atoms with Crippen molar-refractivity contribution in [3.8, 4) is 0 Å². The van der Waals surface area contributed by atoms with Crippen LogP contribution in [0.25, 0.3) is 0 Å².